The van der Waals surface area contributed by atoms with Crippen molar-refractivity contribution in [3.8, 4) is 5.75 Å². The van der Waals surface area contributed by atoms with Gasteiger partial charge in [-0.05, 0) is 49.4 Å². The summed E-state index contributed by atoms with van der Waals surface area (Å²) in [5.74, 6) is -1.62. The van der Waals surface area contributed by atoms with E-state index < -0.39 is 25.1 Å². The highest BCUT2D eigenvalue weighted by Gasteiger charge is 2.57. The first kappa shape index (κ1) is 19.1. The first-order chi connectivity index (χ1) is 14.5. The Bertz CT molecular complexity index is 1050. The number of hydrogen-bond donors (Lipinski definition) is 2. The summed E-state index contributed by atoms with van der Waals surface area (Å²) in [4.78, 5) is 27.9. The largest absolute Gasteiger partial charge is 0.508 e. The number of phenols is 1. The summed E-state index contributed by atoms with van der Waals surface area (Å²) >= 11 is 0. The molecule has 0 saturated carbocycles. The van der Waals surface area contributed by atoms with Crippen LogP contribution >= 0.6 is 0 Å². The molecule has 0 bridgehead atoms. The number of carbonyl (C=O) groups is 2. The van der Waals surface area contributed by atoms with Gasteiger partial charge in [-0.15, -0.1) is 0 Å². The normalized spacial score (nSPS) is 28.6. The van der Waals surface area contributed by atoms with E-state index in [1.165, 1.54) is 4.90 Å². The van der Waals surface area contributed by atoms with Gasteiger partial charge < -0.3 is 14.8 Å². The van der Waals surface area contributed by atoms with E-state index in [0.717, 1.165) is 5.57 Å². The monoisotopic (exact) mass is 403 g/mol. The molecule has 2 aromatic rings. The van der Waals surface area contributed by atoms with Crippen LogP contribution in [-0.4, -0.2) is 29.1 Å². The van der Waals surface area contributed by atoms with Gasteiger partial charge in [0.05, 0.1) is 23.6 Å². The zero-order valence-corrected chi connectivity index (χ0v) is 16.6. The molecule has 2 amide bonds. The summed E-state index contributed by atoms with van der Waals surface area (Å²) in [6.45, 7) is 1.90. The molecule has 3 aliphatic rings. The molecule has 0 spiro atoms. The van der Waals surface area contributed by atoms with Crippen molar-refractivity contribution in [2.45, 2.75) is 25.9 Å². The van der Waals surface area contributed by atoms with Crippen molar-refractivity contribution in [1.29, 1.82) is 0 Å². The molecule has 6 nitrogen and oxygen atoms in total. The highest BCUT2D eigenvalue weighted by molar-refractivity contribution is 6.53. The molecule has 4 atom stereocenters. The molecular weight excluding hydrogens is 381 g/mol. The van der Waals surface area contributed by atoms with E-state index in [1.54, 1.807) is 48.5 Å². The smallest absolute Gasteiger partial charge is 0.487 e. The predicted molar refractivity (Wildman–Crippen MR) is 111 cm³/mol. The van der Waals surface area contributed by atoms with Gasteiger partial charge in [0.2, 0.25) is 11.8 Å². The summed E-state index contributed by atoms with van der Waals surface area (Å²) < 4.78 is 5.84. The van der Waals surface area contributed by atoms with E-state index in [9.17, 15) is 19.7 Å². The average molecular weight is 403 g/mol. The lowest BCUT2D eigenvalue weighted by atomic mass is 9.55. The quantitative estimate of drug-likeness (QED) is 0.595. The van der Waals surface area contributed by atoms with E-state index >= 15 is 0 Å². The fraction of sp³-hybridized carbons (Fsp3) is 0.304. The van der Waals surface area contributed by atoms with Gasteiger partial charge in [0.15, 0.2) is 0 Å². The lowest BCUT2D eigenvalue weighted by Crippen LogP contribution is -2.44. The van der Waals surface area contributed by atoms with Crippen LogP contribution in [0.2, 0.25) is 0 Å². The van der Waals surface area contributed by atoms with Crippen molar-refractivity contribution in [1.82, 2.24) is 0 Å². The van der Waals surface area contributed by atoms with Gasteiger partial charge in [0, 0.05) is 5.56 Å². The van der Waals surface area contributed by atoms with Crippen LogP contribution in [0.5, 0.6) is 5.75 Å². The Morgan fingerprint density at radius 1 is 1.00 bits per heavy atom. The predicted octanol–water partition coefficient (Wildman–Crippen LogP) is 3.02. The molecule has 30 heavy (non-hydrogen) atoms. The second-order valence-electron chi connectivity index (χ2n) is 8.30. The standard InChI is InChI=1S/C23H22BNO5/c1-13-11-17-20(23(28)25(22(17)27)14-7-3-2-4-8-14)16-12-19(30-24(29)21(13)16)15-9-5-6-10-18(15)26/h2-10,16-17,19-20,26,29H,11-12H2,1H3/t16-,17-,19-,20+/m0/s1. The first-order valence-electron chi connectivity index (χ1n) is 10.2. The number of aromatic hydroxyl groups is 1. The third-order valence-corrected chi connectivity index (χ3v) is 6.65. The van der Waals surface area contributed by atoms with Gasteiger partial charge in [-0.25, -0.2) is 0 Å². The van der Waals surface area contributed by atoms with Crippen molar-refractivity contribution in [2.24, 2.45) is 17.8 Å². The first-order valence-corrected chi connectivity index (χ1v) is 10.2. The van der Waals surface area contributed by atoms with Crippen molar-refractivity contribution in [3.05, 3.63) is 71.2 Å². The number of anilines is 1. The number of allylic oxidation sites excluding steroid dienone is 2. The lowest BCUT2D eigenvalue weighted by Gasteiger charge is -2.41. The fourth-order valence-corrected chi connectivity index (χ4v) is 5.35. The number of imide groups is 1. The average Bonchev–Trinajstić information content (AvgIpc) is 2.98. The van der Waals surface area contributed by atoms with Gasteiger partial charge in [0.25, 0.3) is 0 Å². The molecular formula is C23H22BNO5. The number of carbonyl (C=O) groups excluding carboxylic acids is 2. The van der Waals surface area contributed by atoms with Crippen molar-refractivity contribution < 1.29 is 24.4 Å². The lowest BCUT2D eigenvalue weighted by molar-refractivity contribution is -0.123. The van der Waals surface area contributed by atoms with Crippen LogP contribution in [0.15, 0.2) is 65.6 Å². The minimum Gasteiger partial charge on any atom is -0.508 e. The number of benzene rings is 2. The fourth-order valence-electron chi connectivity index (χ4n) is 5.35. The van der Waals surface area contributed by atoms with Crippen LogP contribution in [0, 0.1) is 17.8 Å². The Kier molecular flexibility index (Phi) is 4.52. The Balaban J connectivity index is 1.54. The van der Waals surface area contributed by atoms with Crippen LogP contribution in [0.1, 0.15) is 31.4 Å². The molecule has 0 radical (unpaired) electrons. The van der Waals surface area contributed by atoms with Crippen molar-refractivity contribution in [3.63, 3.8) is 0 Å². The van der Waals surface area contributed by atoms with E-state index in [-0.39, 0.29) is 23.5 Å². The molecule has 5 rings (SSSR count). The van der Waals surface area contributed by atoms with Crippen LogP contribution in [0.4, 0.5) is 5.69 Å². The van der Waals surface area contributed by atoms with E-state index in [0.29, 0.717) is 29.6 Å². The van der Waals surface area contributed by atoms with E-state index in [1.807, 2.05) is 13.0 Å². The molecule has 0 unspecified atom stereocenters. The molecule has 0 aromatic heterocycles. The summed E-state index contributed by atoms with van der Waals surface area (Å²) in [7, 11) is -1.16. The molecule has 2 N–H and O–H groups in total. The maximum atomic E-state index is 13.4. The molecule has 1 aliphatic carbocycles. The maximum Gasteiger partial charge on any atom is 0.487 e. The molecule has 2 fully saturated rings. The van der Waals surface area contributed by atoms with Crippen LogP contribution < -0.4 is 4.90 Å². The molecule has 2 heterocycles. The van der Waals surface area contributed by atoms with Crippen molar-refractivity contribution >= 4 is 24.6 Å². The SMILES string of the molecule is CC1=C2B(O)O[C@H](c3ccccc3O)C[C@H]2[C@H]2C(=O)N(c3ccccc3)C(=O)[C@H]2C1. The topological polar surface area (TPSA) is 87.1 Å². The second kappa shape index (κ2) is 7.11. The zero-order chi connectivity index (χ0) is 21.0. The van der Waals surface area contributed by atoms with Crippen LogP contribution in [-0.2, 0) is 14.2 Å². The summed E-state index contributed by atoms with van der Waals surface area (Å²) in [6.07, 6.45) is 0.297. The van der Waals surface area contributed by atoms with Gasteiger partial charge >= 0.3 is 7.12 Å². The van der Waals surface area contributed by atoms with E-state index in [4.69, 9.17) is 4.65 Å². The maximum absolute atomic E-state index is 13.4. The number of hydrogen-bond acceptors (Lipinski definition) is 5. The summed E-state index contributed by atoms with van der Waals surface area (Å²) in [5.41, 5.74) is 2.76. The number of nitrogens with zero attached hydrogens (tertiary/aromatic N) is 1. The van der Waals surface area contributed by atoms with Crippen molar-refractivity contribution in [2.75, 3.05) is 4.90 Å². The molecule has 152 valence electrons. The third kappa shape index (κ3) is 2.81. The van der Waals surface area contributed by atoms with Gasteiger partial charge in [0.1, 0.15) is 5.75 Å². The van der Waals surface area contributed by atoms with Crippen LogP contribution in [0.3, 0.4) is 0 Å². The Morgan fingerprint density at radius 2 is 1.70 bits per heavy atom. The number of phenolic OH excluding ortho intramolecular Hbond substituents is 1. The van der Waals surface area contributed by atoms with Gasteiger partial charge in [-0.1, -0.05) is 42.0 Å². The zero-order valence-electron chi connectivity index (χ0n) is 16.6. The van der Waals surface area contributed by atoms with Gasteiger partial charge in [-0.2, -0.15) is 0 Å². The molecule has 2 aromatic carbocycles. The Hall–Kier alpha value is -2.90. The number of fused-ring (bicyclic) bond motifs is 3. The summed E-state index contributed by atoms with van der Waals surface area (Å²) in [5, 5.41) is 21.0. The third-order valence-electron chi connectivity index (χ3n) is 6.65. The minimum atomic E-state index is -1.16. The Labute approximate surface area is 174 Å². The van der Waals surface area contributed by atoms with E-state index in [2.05, 4.69) is 0 Å². The molecule has 7 heteroatoms. The minimum absolute atomic E-state index is 0.0888. The molecule has 2 aliphatic heterocycles. The Morgan fingerprint density at radius 3 is 2.43 bits per heavy atom. The molecule has 2 saturated heterocycles. The second-order valence-corrected chi connectivity index (χ2v) is 8.30. The summed E-state index contributed by atoms with van der Waals surface area (Å²) in [6, 6.07) is 15.8. The number of amides is 2. The van der Waals surface area contributed by atoms with Gasteiger partial charge in [-0.3, -0.25) is 14.5 Å². The number of rotatable bonds is 2. The number of para-hydroxylation sites is 2. The highest BCUT2D eigenvalue weighted by atomic mass is 16.5. The van der Waals surface area contributed by atoms with Crippen LogP contribution in [0.25, 0.3) is 0 Å². The highest BCUT2D eigenvalue weighted by Crippen LogP contribution is 2.52.